The molecule has 0 aromatic rings. The van der Waals surface area contributed by atoms with E-state index in [4.69, 9.17) is 5.73 Å². The molecule has 1 amide bonds. The molecule has 0 unspecified atom stereocenters. The molecule has 0 fully saturated rings. The highest BCUT2D eigenvalue weighted by molar-refractivity contribution is 5.81. The van der Waals surface area contributed by atoms with E-state index in [1.807, 2.05) is 13.8 Å². The van der Waals surface area contributed by atoms with Crippen LogP contribution in [0.15, 0.2) is 0 Å². The van der Waals surface area contributed by atoms with Crippen LogP contribution in [0.4, 0.5) is 0 Å². The summed E-state index contributed by atoms with van der Waals surface area (Å²) in [7, 11) is 0. The highest BCUT2D eigenvalue weighted by Gasteiger charge is 2.15. The minimum Gasteiger partial charge on any atom is -0.344 e. The van der Waals surface area contributed by atoms with Crippen molar-refractivity contribution in [2.45, 2.75) is 26.8 Å². The second-order valence-corrected chi connectivity index (χ2v) is 2.91. The van der Waals surface area contributed by atoms with Crippen molar-refractivity contribution in [3.63, 3.8) is 0 Å². The standard InChI is InChI=1S/C9H16N2O/c1-4-5-6-11-9(12)8(10)7(2)3/h7-8H,6,10H2,1-3H3,(H,11,12)/t8-/m0/s1. The molecule has 1 atom stereocenters. The largest absolute Gasteiger partial charge is 0.344 e. The topological polar surface area (TPSA) is 55.1 Å². The van der Waals surface area contributed by atoms with E-state index in [1.165, 1.54) is 0 Å². The van der Waals surface area contributed by atoms with Gasteiger partial charge in [0.25, 0.3) is 0 Å². The molecule has 0 aliphatic carbocycles. The molecule has 0 aromatic heterocycles. The average molecular weight is 168 g/mol. The van der Waals surface area contributed by atoms with Crippen molar-refractivity contribution in [1.82, 2.24) is 5.32 Å². The maximum Gasteiger partial charge on any atom is 0.237 e. The van der Waals surface area contributed by atoms with Crippen molar-refractivity contribution in [1.29, 1.82) is 0 Å². The molecule has 0 radical (unpaired) electrons. The molecule has 0 heterocycles. The lowest BCUT2D eigenvalue weighted by Gasteiger charge is -2.13. The zero-order chi connectivity index (χ0) is 9.56. The Morgan fingerprint density at radius 3 is 2.58 bits per heavy atom. The van der Waals surface area contributed by atoms with Crippen LogP contribution >= 0.6 is 0 Å². The third kappa shape index (κ3) is 3.99. The second-order valence-electron chi connectivity index (χ2n) is 2.91. The summed E-state index contributed by atoms with van der Waals surface area (Å²) in [5.74, 6) is 5.46. The SMILES string of the molecule is CC#CCNC(=O)[C@@H](N)C(C)C. The van der Waals surface area contributed by atoms with Gasteiger partial charge in [0.15, 0.2) is 0 Å². The minimum absolute atomic E-state index is 0.132. The average Bonchev–Trinajstić information content (AvgIpc) is 2.03. The Morgan fingerprint density at radius 2 is 2.17 bits per heavy atom. The van der Waals surface area contributed by atoms with E-state index >= 15 is 0 Å². The summed E-state index contributed by atoms with van der Waals surface area (Å²) in [5, 5.41) is 2.63. The Bertz CT molecular complexity index is 200. The van der Waals surface area contributed by atoms with Crippen molar-refractivity contribution in [2.75, 3.05) is 6.54 Å². The summed E-state index contributed by atoms with van der Waals surface area (Å²) in [4.78, 5) is 11.2. The number of rotatable bonds is 3. The van der Waals surface area contributed by atoms with Crippen LogP contribution in [0.2, 0.25) is 0 Å². The van der Waals surface area contributed by atoms with E-state index in [2.05, 4.69) is 17.2 Å². The van der Waals surface area contributed by atoms with Crippen LogP contribution in [0.5, 0.6) is 0 Å². The van der Waals surface area contributed by atoms with Gasteiger partial charge in [-0.1, -0.05) is 19.8 Å². The van der Waals surface area contributed by atoms with Gasteiger partial charge in [-0.05, 0) is 12.8 Å². The molecule has 68 valence electrons. The second kappa shape index (κ2) is 5.62. The molecule has 0 rings (SSSR count). The molecular formula is C9H16N2O. The summed E-state index contributed by atoms with van der Waals surface area (Å²) in [6.07, 6.45) is 0. The number of amides is 1. The highest BCUT2D eigenvalue weighted by atomic mass is 16.2. The van der Waals surface area contributed by atoms with E-state index in [0.29, 0.717) is 6.54 Å². The molecule has 0 aliphatic rings. The first-order chi connectivity index (χ1) is 5.59. The van der Waals surface area contributed by atoms with Gasteiger partial charge in [0.2, 0.25) is 5.91 Å². The Labute approximate surface area is 73.7 Å². The lowest BCUT2D eigenvalue weighted by Crippen LogP contribution is -2.43. The summed E-state index contributed by atoms with van der Waals surface area (Å²) >= 11 is 0. The van der Waals surface area contributed by atoms with Crippen LogP contribution in [0.3, 0.4) is 0 Å². The van der Waals surface area contributed by atoms with Gasteiger partial charge >= 0.3 is 0 Å². The third-order valence-electron chi connectivity index (χ3n) is 1.55. The normalized spacial score (nSPS) is 11.8. The zero-order valence-electron chi connectivity index (χ0n) is 7.85. The van der Waals surface area contributed by atoms with Crippen LogP contribution in [-0.2, 0) is 4.79 Å². The first kappa shape index (κ1) is 11.0. The molecule has 0 saturated heterocycles. The molecular weight excluding hydrogens is 152 g/mol. The number of hydrogen-bond donors (Lipinski definition) is 2. The molecule has 3 nitrogen and oxygen atoms in total. The fourth-order valence-corrected chi connectivity index (χ4v) is 0.640. The summed E-state index contributed by atoms with van der Waals surface area (Å²) in [5.41, 5.74) is 5.58. The summed E-state index contributed by atoms with van der Waals surface area (Å²) < 4.78 is 0. The molecule has 12 heavy (non-hydrogen) atoms. The van der Waals surface area contributed by atoms with E-state index in [9.17, 15) is 4.79 Å². The predicted octanol–water partition coefficient (Wildman–Crippen LogP) is 0.109. The Balaban J connectivity index is 3.77. The molecule has 0 saturated carbocycles. The van der Waals surface area contributed by atoms with Gasteiger partial charge in [-0.3, -0.25) is 4.79 Å². The lowest BCUT2D eigenvalue weighted by atomic mass is 10.1. The molecule has 0 aliphatic heterocycles. The summed E-state index contributed by atoms with van der Waals surface area (Å²) in [6, 6.07) is -0.427. The molecule has 0 aromatic carbocycles. The number of hydrogen-bond acceptors (Lipinski definition) is 2. The lowest BCUT2D eigenvalue weighted by molar-refractivity contribution is -0.122. The van der Waals surface area contributed by atoms with E-state index in [1.54, 1.807) is 6.92 Å². The van der Waals surface area contributed by atoms with Crippen LogP contribution in [0.25, 0.3) is 0 Å². The van der Waals surface area contributed by atoms with Gasteiger partial charge < -0.3 is 11.1 Å². The monoisotopic (exact) mass is 168 g/mol. The van der Waals surface area contributed by atoms with Crippen LogP contribution in [0.1, 0.15) is 20.8 Å². The van der Waals surface area contributed by atoms with Crippen LogP contribution in [-0.4, -0.2) is 18.5 Å². The number of carbonyl (C=O) groups excluding carboxylic acids is 1. The van der Waals surface area contributed by atoms with Gasteiger partial charge in [0.05, 0.1) is 12.6 Å². The van der Waals surface area contributed by atoms with Gasteiger partial charge in [0.1, 0.15) is 0 Å². The first-order valence-corrected chi connectivity index (χ1v) is 4.02. The Hall–Kier alpha value is -1.01. The number of carbonyl (C=O) groups is 1. The fraction of sp³-hybridized carbons (Fsp3) is 0.667. The molecule has 0 bridgehead atoms. The molecule has 3 heteroatoms. The van der Waals surface area contributed by atoms with E-state index < -0.39 is 6.04 Å². The smallest absolute Gasteiger partial charge is 0.237 e. The third-order valence-corrected chi connectivity index (χ3v) is 1.55. The summed E-state index contributed by atoms with van der Waals surface area (Å²) in [6.45, 7) is 5.94. The van der Waals surface area contributed by atoms with Crippen molar-refractivity contribution < 1.29 is 4.79 Å². The van der Waals surface area contributed by atoms with Crippen LogP contribution < -0.4 is 11.1 Å². The fourth-order valence-electron chi connectivity index (χ4n) is 0.640. The Kier molecular flexibility index (Phi) is 5.14. The van der Waals surface area contributed by atoms with E-state index in [0.717, 1.165) is 0 Å². The quantitative estimate of drug-likeness (QED) is 0.588. The van der Waals surface area contributed by atoms with Gasteiger partial charge in [-0.25, -0.2) is 0 Å². The maximum atomic E-state index is 11.2. The van der Waals surface area contributed by atoms with E-state index in [-0.39, 0.29) is 11.8 Å². The van der Waals surface area contributed by atoms with Crippen molar-refractivity contribution in [3.05, 3.63) is 0 Å². The number of nitrogens with two attached hydrogens (primary N) is 1. The molecule has 3 N–H and O–H groups in total. The minimum atomic E-state index is -0.427. The van der Waals surface area contributed by atoms with Crippen molar-refractivity contribution in [2.24, 2.45) is 11.7 Å². The van der Waals surface area contributed by atoms with Crippen LogP contribution in [0, 0.1) is 17.8 Å². The van der Waals surface area contributed by atoms with Crippen molar-refractivity contribution >= 4 is 5.91 Å². The Morgan fingerprint density at radius 1 is 1.58 bits per heavy atom. The van der Waals surface area contributed by atoms with Gasteiger partial charge in [-0.15, -0.1) is 5.92 Å². The van der Waals surface area contributed by atoms with Crippen molar-refractivity contribution in [3.8, 4) is 11.8 Å². The highest BCUT2D eigenvalue weighted by Crippen LogP contribution is 1.96. The number of nitrogens with one attached hydrogen (secondary N) is 1. The van der Waals surface area contributed by atoms with Gasteiger partial charge in [-0.2, -0.15) is 0 Å². The first-order valence-electron chi connectivity index (χ1n) is 4.02. The molecule has 0 spiro atoms. The maximum absolute atomic E-state index is 11.2. The predicted molar refractivity (Wildman–Crippen MR) is 49.3 cm³/mol. The zero-order valence-corrected chi connectivity index (χ0v) is 7.85. The van der Waals surface area contributed by atoms with Gasteiger partial charge in [0, 0.05) is 0 Å².